The van der Waals surface area contributed by atoms with Gasteiger partial charge in [-0.25, -0.2) is 4.98 Å². The van der Waals surface area contributed by atoms with E-state index >= 15 is 0 Å². The molecule has 1 amide bonds. The number of furan rings is 1. The minimum absolute atomic E-state index is 0.250. The Morgan fingerprint density at radius 3 is 2.94 bits per heavy atom. The molecule has 0 atom stereocenters. The number of hydrogen-bond acceptors (Lipinski definition) is 4. The van der Waals surface area contributed by atoms with Gasteiger partial charge in [0.05, 0.1) is 12.0 Å². The second-order valence-electron chi connectivity index (χ2n) is 3.15. The van der Waals surface area contributed by atoms with Crippen molar-refractivity contribution >= 4 is 11.7 Å². The minimum atomic E-state index is -0.327. The summed E-state index contributed by atoms with van der Waals surface area (Å²) in [6.07, 6.45) is 1.44. The number of rotatable bonds is 3. The number of aromatic nitrogens is 1. The number of hydrogen-bond donors (Lipinski definition) is 2. The predicted octanol–water partition coefficient (Wildman–Crippen LogP) is 1.39. The second-order valence-corrected chi connectivity index (χ2v) is 3.15. The van der Waals surface area contributed by atoms with Crippen LogP contribution in [-0.2, 0) is 6.54 Å². The molecular formula is C11H11N3O2. The Labute approximate surface area is 92.3 Å². The number of amides is 1. The lowest BCUT2D eigenvalue weighted by molar-refractivity contribution is 0.0996. The largest absolute Gasteiger partial charge is 0.459 e. The van der Waals surface area contributed by atoms with Crippen LogP contribution in [0.1, 0.15) is 16.2 Å². The highest BCUT2D eigenvalue weighted by Crippen LogP contribution is 2.07. The number of nitrogens with one attached hydrogen (secondary N) is 1. The van der Waals surface area contributed by atoms with Crippen LogP contribution in [0, 0.1) is 0 Å². The molecule has 0 spiro atoms. The number of nitrogens with two attached hydrogens (primary N) is 1. The minimum Gasteiger partial charge on any atom is -0.459 e. The lowest BCUT2D eigenvalue weighted by Gasteiger charge is -2.03. The van der Waals surface area contributed by atoms with Crippen molar-refractivity contribution in [3.63, 3.8) is 0 Å². The first-order chi connectivity index (χ1) is 7.79. The van der Waals surface area contributed by atoms with Crippen LogP contribution in [0.2, 0.25) is 0 Å². The zero-order valence-electron chi connectivity index (χ0n) is 8.51. The monoisotopic (exact) mass is 217 g/mol. The maximum atomic E-state index is 11.6. The third kappa shape index (κ3) is 2.26. The van der Waals surface area contributed by atoms with Gasteiger partial charge >= 0.3 is 0 Å². The predicted molar refractivity (Wildman–Crippen MR) is 58.8 cm³/mol. The topological polar surface area (TPSA) is 81.1 Å². The summed E-state index contributed by atoms with van der Waals surface area (Å²) >= 11 is 0. The highest BCUT2D eigenvalue weighted by atomic mass is 16.3. The first kappa shape index (κ1) is 10.4. The van der Waals surface area contributed by atoms with Crippen LogP contribution in [0.3, 0.4) is 0 Å². The molecular weight excluding hydrogens is 206 g/mol. The summed E-state index contributed by atoms with van der Waals surface area (Å²) in [5, 5.41) is 2.62. The van der Waals surface area contributed by atoms with E-state index in [2.05, 4.69) is 10.3 Å². The number of carbonyl (C=O) groups excluding carboxylic acids is 1. The van der Waals surface area contributed by atoms with Crippen molar-refractivity contribution in [2.45, 2.75) is 6.54 Å². The molecule has 0 bridgehead atoms. The van der Waals surface area contributed by atoms with Crippen molar-refractivity contribution in [3.05, 3.63) is 48.0 Å². The molecule has 2 heterocycles. The van der Waals surface area contributed by atoms with Gasteiger partial charge in [-0.2, -0.15) is 0 Å². The van der Waals surface area contributed by atoms with Crippen molar-refractivity contribution in [2.75, 3.05) is 5.32 Å². The van der Waals surface area contributed by atoms with E-state index in [-0.39, 0.29) is 11.7 Å². The van der Waals surface area contributed by atoms with Crippen molar-refractivity contribution in [2.24, 2.45) is 5.73 Å². The van der Waals surface area contributed by atoms with E-state index < -0.39 is 0 Å². The molecule has 82 valence electrons. The molecule has 5 nitrogen and oxygen atoms in total. The van der Waals surface area contributed by atoms with Crippen LogP contribution in [0.5, 0.6) is 0 Å². The van der Waals surface area contributed by atoms with Crippen LogP contribution >= 0.6 is 0 Å². The molecule has 2 aromatic heterocycles. The quantitative estimate of drug-likeness (QED) is 0.813. The van der Waals surface area contributed by atoms with E-state index in [1.54, 1.807) is 30.3 Å². The summed E-state index contributed by atoms with van der Waals surface area (Å²) in [5.41, 5.74) is 6.17. The molecule has 3 N–H and O–H groups in total. The molecule has 2 rings (SSSR count). The molecule has 0 aliphatic rings. The molecule has 0 saturated heterocycles. The molecule has 0 saturated carbocycles. The Morgan fingerprint density at radius 1 is 1.38 bits per heavy atom. The number of carbonyl (C=O) groups is 1. The fourth-order valence-corrected chi connectivity index (χ4v) is 1.25. The maximum Gasteiger partial charge on any atom is 0.292 e. The van der Waals surface area contributed by atoms with E-state index in [0.717, 1.165) is 5.69 Å². The van der Waals surface area contributed by atoms with E-state index in [0.29, 0.717) is 12.4 Å². The number of pyridine rings is 1. The second kappa shape index (κ2) is 4.59. The van der Waals surface area contributed by atoms with Gasteiger partial charge in [-0.3, -0.25) is 4.79 Å². The maximum absolute atomic E-state index is 11.6. The Bertz CT molecular complexity index is 480. The number of nitrogens with zero attached hydrogens (tertiary/aromatic N) is 1. The van der Waals surface area contributed by atoms with Crippen molar-refractivity contribution < 1.29 is 9.21 Å². The SMILES string of the molecule is NCc1cccc(NC(=O)c2ccco2)n1. The Kier molecular flexibility index (Phi) is 2.98. The Morgan fingerprint density at radius 2 is 2.25 bits per heavy atom. The van der Waals surface area contributed by atoms with E-state index in [1.807, 2.05) is 0 Å². The van der Waals surface area contributed by atoms with Gasteiger partial charge in [-0.1, -0.05) is 6.07 Å². The van der Waals surface area contributed by atoms with Gasteiger partial charge < -0.3 is 15.5 Å². The third-order valence-corrected chi connectivity index (χ3v) is 2.00. The lowest BCUT2D eigenvalue weighted by atomic mass is 10.3. The van der Waals surface area contributed by atoms with Gasteiger partial charge in [0.1, 0.15) is 5.82 Å². The van der Waals surface area contributed by atoms with Crippen LogP contribution in [-0.4, -0.2) is 10.9 Å². The van der Waals surface area contributed by atoms with E-state index in [9.17, 15) is 4.79 Å². The van der Waals surface area contributed by atoms with E-state index in [1.165, 1.54) is 6.26 Å². The van der Waals surface area contributed by atoms with Crippen molar-refractivity contribution in [1.29, 1.82) is 0 Å². The zero-order valence-corrected chi connectivity index (χ0v) is 8.51. The van der Waals surface area contributed by atoms with Gasteiger partial charge in [-0.15, -0.1) is 0 Å². The molecule has 0 aromatic carbocycles. The molecule has 2 aromatic rings. The lowest BCUT2D eigenvalue weighted by Crippen LogP contribution is -2.13. The average molecular weight is 217 g/mol. The first-order valence-corrected chi connectivity index (χ1v) is 4.80. The van der Waals surface area contributed by atoms with Gasteiger partial charge in [-0.05, 0) is 24.3 Å². The van der Waals surface area contributed by atoms with E-state index in [4.69, 9.17) is 10.2 Å². The average Bonchev–Trinajstić information content (AvgIpc) is 2.83. The highest BCUT2D eigenvalue weighted by Gasteiger charge is 2.09. The summed E-state index contributed by atoms with van der Waals surface area (Å²) in [4.78, 5) is 15.7. The molecule has 0 aliphatic heterocycles. The van der Waals surface area contributed by atoms with Crippen molar-refractivity contribution in [1.82, 2.24) is 4.98 Å². The van der Waals surface area contributed by atoms with Crippen LogP contribution < -0.4 is 11.1 Å². The summed E-state index contributed by atoms with van der Waals surface area (Å²) in [6, 6.07) is 8.51. The number of anilines is 1. The van der Waals surface area contributed by atoms with Crippen LogP contribution in [0.15, 0.2) is 41.0 Å². The molecule has 0 unspecified atom stereocenters. The zero-order chi connectivity index (χ0) is 11.4. The van der Waals surface area contributed by atoms with Crippen molar-refractivity contribution in [3.8, 4) is 0 Å². The highest BCUT2D eigenvalue weighted by molar-refractivity contribution is 6.01. The standard InChI is InChI=1S/C11H11N3O2/c12-7-8-3-1-5-10(13-8)14-11(15)9-4-2-6-16-9/h1-6H,7,12H2,(H,13,14,15). The van der Waals surface area contributed by atoms with Crippen LogP contribution in [0.25, 0.3) is 0 Å². The fourth-order valence-electron chi connectivity index (χ4n) is 1.25. The van der Waals surface area contributed by atoms with Gasteiger partial charge in [0, 0.05) is 6.54 Å². The van der Waals surface area contributed by atoms with Gasteiger partial charge in [0.2, 0.25) is 0 Å². The Hall–Kier alpha value is -2.14. The van der Waals surface area contributed by atoms with Gasteiger partial charge in [0.15, 0.2) is 5.76 Å². The molecule has 0 aliphatic carbocycles. The fraction of sp³-hybridized carbons (Fsp3) is 0.0909. The summed E-state index contributed by atoms with van der Waals surface area (Å²) in [7, 11) is 0. The molecule has 0 fully saturated rings. The molecule has 0 radical (unpaired) electrons. The summed E-state index contributed by atoms with van der Waals surface area (Å²) in [6.45, 7) is 0.338. The normalized spacial score (nSPS) is 10.1. The smallest absolute Gasteiger partial charge is 0.292 e. The molecule has 5 heteroatoms. The summed E-state index contributed by atoms with van der Waals surface area (Å²) in [5.74, 6) is 0.385. The third-order valence-electron chi connectivity index (χ3n) is 2.00. The van der Waals surface area contributed by atoms with Gasteiger partial charge in [0.25, 0.3) is 5.91 Å². The molecule has 16 heavy (non-hydrogen) atoms. The Balaban J connectivity index is 2.12. The summed E-state index contributed by atoms with van der Waals surface area (Å²) < 4.78 is 4.96. The first-order valence-electron chi connectivity index (χ1n) is 4.80. The van der Waals surface area contributed by atoms with Crippen LogP contribution in [0.4, 0.5) is 5.82 Å².